The van der Waals surface area contributed by atoms with Gasteiger partial charge in [0.25, 0.3) is 5.91 Å². The Balaban J connectivity index is 2.17. The van der Waals surface area contributed by atoms with Gasteiger partial charge in [-0.2, -0.15) is 0 Å². The molecule has 0 atom stereocenters. The molecule has 4 nitrogen and oxygen atoms in total. The number of carbonyl (C=O) groups excluding carboxylic acids is 1. The molecule has 1 aliphatic rings. The molecule has 0 unspecified atom stereocenters. The van der Waals surface area contributed by atoms with Gasteiger partial charge in [0.2, 0.25) is 0 Å². The van der Waals surface area contributed by atoms with E-state index in [-0.39, 0.29) is 12.5 Å². The van der Waals surface area contributed by atoms with E-state index in [0.717, 1.165) is 25.8 Å². The van der Waals surface area contributed by atoms with Crippen molar-refractivity contribution in [2.75, 3.05) is 13.2 Å². The lowest BCUT2D eigenvalue weighted by molar-refractivity contribution is 0.0551. The number of aliphatic hydroxyl groups excluding tert-OH is 1. The van der Waals surface area contributed by atoms with Crippen LogP contribution in [0.4, 0.5) is 0 Å². The molecule has 0 spiro atoms. The fourth-order valence-corrected chi connectivity index (χ4v) is 2.84. The lowest BCUT2D eigenvalue weighted by Gasteiger charge is -2.37. The van der Waals surface area contributed by atoms with Crippen molar-refractivity contribution in [3.8, 4) is 0 Å². The number of halogens is 1. The van der Waals surface area contributed by atoms with Crippen molar-refractivity contribution in [3.63, 3.8) is 0 Å². The summed E-state index contributed by atoms with van der Waals surface area (Å²) >= 11 is 6.05. The molecule has 1 N–H and O–H groups in total. The van der Waals surface area contributed by atoms with Crippen LogP contribution in [0.5, 0.6) is 0 Å². The molecule has 20 heavy (non-hydrogen) atoms. The molecular formula is C15H23ClN2O2. The molecule has 5 heteroatoms. The van der Waals surface area contributed by atoms with E-state index in [0.29, 0.717) is 29.7 Å². The Bertz CT molecular complexity index is 455. The number of aryl methyl sites for hydroxylation is 1. The average molecular weight is 299 g/mol. The van der Waals surface area contributed by atoms with Crippen molar-refractivity contribution in [2.45, 2.75) is 51.6 Å². The Morgan fingerprint density at radius 3 is 2.85 bits per heavy atom. The highest BCUT2D eigenvalue weighted by atomic mass is 35.5. The molecule has 1 heterocycles. The van der Waals surface area contributed by atoms with E-state index in [1.807, 2.05) is 15.7 Å². The number of nitrogens with zero attached hydrogens (tertiary/aromatic N) is 2. The van der Waals surface area contributed by atoms with Gasteiger partial charge in [0.05, 0.1) is 5.02 Å². The average Bonchev–Trinajstić information content (AvgIpc) is 2.73. The SMILES string of the molecule is CCCn1cc(Cl)cc1C(=O)N(CCCO)C1CCC1. The molecule has 0 aromatic carbocycles. The minimum Gasteiger partial charge on any atom is -0.396 e. The summed E-state index contributed by atoms with van der Waals surface area (Å²) in [4.78, 5) is 14.7. The molecule has 1 aromatic heterocycles. The summed E-state index contributed by atoms with van der Waals surface area (Å²) in [6.07, 6.45) is 6.74. The van der Waals surface area contributed by atoms with E-state index < -0.39 is 0 Å². The molecule has 2 rings (SSSR count). The van der Waals surface area contributed by atoms with Crippen molar-refractivity contribution < 1.29 is 9.90 Å². The van der Waals surface area contributed by atoms with Crippen LogP contribution in [0.15, 0.2) is 12.3 Å². The van der Waals surface area contributed by atoms with Crippen LogP contribution in [0.2, 0.25) is 5.02 Å². The zero-order valence-corrected chi connectivity index (χ0v) is 12.8. The second kappa shape index (κ2) is 7.14. The van der Waals surface area contributed by atoms with Crippen LogP contribution in [-0.2, 0) is 6.54 Å². The van der Waals surface area contributed by atoms with E-state index in [1.54, 1.807) is 6.07 Å². The lowest BCUT2D eigenvalue weighted by Crippen LogP contribution is -2.45. The van der Waals surface area contributed by atoms with Gasteiger partial charge in [-0.3, -0.25) is 4.79 Å². The second-order valence-electron chi connectivity index (χ2n) is 5.40. The van der Waals surface area contributed by atoms with Crippen molar-refractivity contribution in [3.05, 3.63) is 23.0 Å². The third-order valence-electron chi connectivity index (χ3n) is 3.88. The van der Waals surface area contributed by atoms with Gasteiger partial charge in [0, 0.05) is 31.9 Å². The summed E-state index contributed by atoms with van der Waals surface area (Å²) in [5.74, 6) is 0.0449. The first kappa shape index (κ1) is 15.4. The van der Waals surface area contributed by atoms with Crippen molar-refractivity contribution >= 4 is 17.5 Å². The van der Waals surface area contributed by atoms with Gasteiger partial charge in [-0.25, -0.2) is 0 Å². The van der Waals surface area contributed by atoms with Crippen LogP contribution < -0.4 is 0 Å². The molecule has 0 bridgehead atoms. The quantitative estimate of drug-likeness (QED) is 0.841. The number of rotatable bonds is 7. The fraction of sp³-hybridized carbons (Fsp3) is 0.667. The number of aliphatic hydroxyl groups is 1. The molecule has 0 radical (unpaired) electrons. The van der Waals surface area contributed by atoms with Crippen LogP contribution in [0.25, 0.3) is 0 Å². The zero-order chi connectivity index (χ0) is 14.5. The van der Waals surface area contributed by atoms with E-state index in [4.69, 9.17) is 16.7 Å². The molecule has 0 aliphatic heterocycles. The van der Waals surface area contributed by atoms with Crippen LogP contribution in [-0.4, -0.2) is 39.7 Å². The highest BCUT2D eigenvalue weighted by Gasteiger charge is 2.30. The largest absolute Gasteiger partial charge is 0.396 e. The van der Waals surface area contributed by atoms with Crippen LogP contribution >= 0.6 is 11.6 Å². The smallest absolute Gasteiger partial charge is 0.270 e. The van der Waals surface area contributed by atoms with Gasteiger partial charge in [-0.05, 0) is 38.2 Å². The summed E-state index contributed by atoms with van der Waals surface area (Å²) in [5.41, 5.74) is 0.668. The number of carbonyl (C=O) groups is 1. The van der Waals surface area contributed by atoms with Crippen LogP contribution in [0.3, 0.4) is 0 Å². The summed E-state index contributed by atoms with van der Waals surface area (Å²) in [7, 11) is 0. The molecule has 1 aliphatic carbocycles. The maximum atomic E-state index is 12.8. The first-order valence-electron chi connectivity index (χ1n) is 7.45. The van der Waals surface area contributed by atoms with Crippen molar-refractivity contribution in [1.29, 1.82) is 0 Å². The number of hydrogen-bond donors (Lipinski definition) is 1. The normalized spacial score (nSPS) is 15.2. The Hall–Kier alpha value is -1.00. The van der Waals surface area contributed by atoms with Gasteiger partial charge in [0.1, 0.15) is 5.69 Å². The number of aromatic nitrogens is 1. The maximum absolute atomic E-state index is 12.8. The summed E-state index contributed by atoms with van der Waals surface area (Å²) in [6.45, 7) is 3.62. The van der Waals surface area contributed by atoms with E-state index >= 15 is 0 Å². The molecular weight excluding hydrogens is 276 g/mol. The topological polar surface area (TPSA) is 45.5 Å². The standard InChI is InChI=1S/C15H23ClN2O2/c1-2-7-17-11-12(16)10-14(17)15(20)18(8-4-9-19)13-5-3-6-13/h10-11,13,19H,2-9H2,1H3. The third-order valence-corrected chi connectivity index (χ3v) is 4.09. The second-order valence-corrected chi connectivity index (χ2v) is 5.83. The Morgan fingerprint density at radius 1 is 1.55 bits per heavy atom. The van der Waals surface area contributed by atoms with E-state index in [9.17, 15) is 4.79 Å². The van der Waals surface area contributed by atoms with Crippen molar-refractivity contribution in [1.82, 2.24) is 9.47 Å². The predicted octanol–water partition coefficient (Wildman–Crippen LogP) is 2.93. The van der Waals surface area contributed by atoms with Gasteiger partial charge < -0.3 is 14.6 Å². The number of amides is 1. The lowest BCUT2D eigenvalue weighted by atomic mass is 9.91. The number of hydrogen-bond acceptors (Lipinski definition) is 2. The molecule has 0 saturated heterocycles. The Labute approximate surface area is 125 Å². The highest BCUT2D eigenvalue weighted by Crippen LogP contribution is 2.27. The minimum atomic E-state index is 0.0449. The first-order chi connectivity index (χ1) is 9.67. The fourth-order valence-electron chi connectivity index (χ4n) is 2.62. The Kier molecular flexibility index (Phi) is 5.49. The van der Waals surface area contributed by atoms with Crippen LogP contribution in [0.1, 0.15) is 49.5 Å². The van der Waals surface area contributed by atoms with E-state index in [2.05, 4.69) is 6.92 Å². The van der Waals surface area contributed by atoms with Gasteiger partial charge in [-0.15, -0.1) is 0 Å². The van der Waals surface area contributed by atoms with Gasteiger partial charge in [-0.1, -0.05) is 18.5 Å². The summed E-state index contributed by atoms with van der Waals surface area (Å²) in [6, 6.07) is 2.09. The first-order valence-corrected chi connectivity index (χ1v) is 7.82. The summed E-state index contributed by atoms with van der Waals surface area (Å²) in [5, 5.41) is 9.63. The predicted molar refractivity (Wildman–Crippen MR) is 80.1 cm³/mol. The van der Waals surface area contributed by atoms with Gasteiger partial charge >= 0.3 is 0 Å². The molecule has 1 saturated carbocycles. The summed E-state index contributed by atoms with van der Waals surface area (Å²) < 4.78 is 1.94. The Morgan fingerprint density at radius 2 is 2.30 bits per heavy atom. The molecule has 112 valence electrons. The van der Waals surface area contributed by atoms with Crippen LogP contribution in [0, 0.1) is 0 Å². The molecule has 1 fully saturated rings. The molecule has 1 aromatic rings. The van der Waals surface area contributed by atoms with E-state index in [1.165, 1.54) is 6.42 Å². The van der Waals surface area contributed by atoms with Crippen molar-refractivity contribution in [2.24, 2.45) is 0 Å². The molecule has 1 amide bonds. The third kappa shape index (κ3) is 3.36. The highest BCUT2D eigenvalue weighted by molar-refractivity contribution is 6.31. The van der Waals surface area contributed by atoms with Gasteiger partial charge in [0.15, 0.2) is 0 Å². The zero-order valence-electron chi connectivity index (χ0n) is 12.0. The maximum Gasteiger partial charge on any atom is 0.270 e. The monoisotopic (exact) mass is 298 g/mol. The minimum absolute atomic E-state index is 0.0449.